The number of ether oxygens (including phenoxy) is 1. The monoisotopic (exact) mass is 416 g/mol. The SMILES string of the molecule is COc1c(C)cnc(CC(N)c2ccc(I)c(Cl)c2)c1C. The van der Waals surface area contributed by atoms with Gasteiger partial charge in [-0.05, 0) is 54.1 Å². The summed E-state index contributed by atoms with van der Waals surface area (Å²) in [6.07, 6.45) is 2.48. The largest absolute Gasteiger partial charge is 0.496 e. The molecule has 3 nitrogen and oxygen atoms in total. The predicted octanol–water partition coefficient (Wildman–Crippen LogP) is 4.21. The number of nitrogens with two attached hydrogens (primary N) is 1. The Morgan fingerprint density at radius 1 is 1.38 bits per heavy atom. The lowest BCUT2D eigenvalue weighted by atomic mass is 9.99. The topological polar surface area (TPSA) is 48.1 Å². The van der Waals surface area contributed by atoms with Crippen LogP contribution in [0.15, 0.2) is 24.4 Å². The van der Waals surface area contributed by atoms with Crippen molar-refractivity contribution in [2.45, 2.75) is 26.3 Å². The molecule has 1 aromatic heterocycles. The van der Waals surface area contributed by atoms with Crippen LogP contribution in [0.4, 0.5) is 0 Å². The van der Waals surface area contributed by atoms with Crippen LogP contribution in [0.5, 0.6) is 5.75 Å². The van der Waals surface area contributed by atoms with E-state index in [0.717, 1.165) is 36.7 Å². The Labute approximate surface area is 144 Å². The van der Waals surface area contributed by atoms with Crippen molar-refractivity contribution < 1.29 is 4.74 Å². The van der Waals surface area contributed by atoms with Crippen molar-refractivity contribution in [2.75, 3.05) is 7.11 Å². The molecule has 0 saturated heterocycles. The normalized spacial score (nSPS) is 12.3. The van der Waals surface area contributed by atoms with Crippen molar-refractivity contribution >= 4 is 34.2 Å². The van der Waals surface area contributed by atoms with Crippen LogP contribution >= 0.6 is 34.2 Å². The highest BCUT2D eigenvalue weighted by Crippen LogP contribution is 2.28. The maximum absolute atomic E-state index is 6.30. The van der Waals surface area contributed by atoms with Gasteiger partial charge in [-0.15, -0.1) is 0 Å². The van der Waals surface area contributed by atoms with Crippen LogP contribution in [0.3, 0.4) is 0 Å². The van der Waals surface area contributed by atoms with E-state index in [1.807, 2.05) is 38.2 Å². The van der Waals surface area contributed by atoms with Gasteiger partial charge in [-0.3, -0.25) is 4.98 Å². The molecule has 0 saturated carbocycles. The third-order valence-electron chi connectivity index (χ3n) is 3.53. The summed E-state index contributed by atoms with van der Waals surface area (Å²) in [6.45, 7) is 4.00. The molecule has 1 atom stereocenters. The molecule has 2 N–H and O–H groups in total. The van der Waals surface area contributed by atoms with E-state index in [0.29, 0.717) is 6.42 Å². The standard InChI is InChI=1S/C16H18ClIN2O/c1-9-8-20-15(10(2)16(9)21-3)7-14(19)11-4-5-13(18)12(17)6-11/h4-6,8,14H,7,19H2,1-3H3. The second kappa shape index (κ2) is 6.94. The predicted molar refractivity (Wildman–Crippen MR) is 95.1 cm³/mol. The van der Waals surface area contributed by atoms with Gasteiger partial charge in [-0.2, -0.15) is 0 Å². The zero-order valence-electron chi connectivity index (χ0n) is 12.3. The average molecular weight is 417 g/mol. The van der Waals surface area contributed by atoms with Gasteiger partial charge in [-0.25, -0.2) is 0 Å². The number of rotatable bonds is 4. The zero-order valence-corrected chi connectivity index (χ0v) is 15.2. The van der Waals surface area contributed by atoms with Crippen LogP contribution in [0.25, 0.3) is 0 Å². The molecule has 0 aliphatic carbocycles. The van der Waals surface area contributed by atoms with Gasteiger partial charge in [0, 0.05) is 39.1 Å². The van der Waals surface area contributed by atoms with E-state index in [-0.39, 0.29) is 6.04 Å². The molecule has 112 valence electrons. The average Bonchev–Trinajstić information content (AvgIpc) is 2.45. The Bertz CT molecular complexity index is 661. The summed E-state index contributed by atoms with van der Waals surface area (Å²) in [4.78, 5) is 4.50. The van der Waals surface area contributed by atoms with Crippen LogP contribution in [-0.4, -0.2) is 12.1 Å². The number of pyridine rings is 1. The van der Waals surface area contributed by atoms with Gasteiger partial charge < -0.3 is 10.5 Å². The molecular formula is C16H18ClIN2O. The summed E-state index contributed by atoms with van der Waals surface area (Å²) in [5.74, 6) is 0.882. The quantitative estimate of drug-likeness (QED) is 0.760. The molecule has 2 aromatic rings. The summed E-state index contributed by atoms with van der Waals surface area (Å²) in [5, 5.41) is 0.731. The first-order valence-corrected chi connectivity index (χ1v) is 8.09. The van der Waals surface area contributed by atoms with E-state index >= 15 is 0 Å². The summed E-state index contributed by atoms with van der Waals surface area (Å²) in [5.41, 5.74) is 10.4. The van der Waals surface area contributed by atoms with Crippen molar-refractivity contribution in [1.82, 2.24) is 4.98 Å². The molecule has 0 fully saturated rings. The highest BCUT2D eigenvalue weighted by molar-refractivity contribution is 14.1. The van der Waals surface area contributed by atoms with Crippen molar-refractivity contribution in [3.05, 3.63) is 55.4 Å². The Balaban J connectivity index is 2.27. The smallest absolute Gasteiger partial charge is 0.128 e. The molecule has 0 aliphatic heterocycles. The van der Waals surface area contributed by atoms with Gasteiger partial charge in [-0.1, -0.05) is 17.7 Å². The van der Waals surface area contributed by atoms with Gasteiger partial charge in [0.05, 0.1) is 12.1 Å². The van der Waals surface area contributed by atoms with Gasteiger partial charge in [0.2, 0.25) is 0 Å². The zero-order chi connectivity index (χ0) is 15.6. The van der Waals surface area contributed by atoms with E-state index in [1.54, 1.807) is 7.11 Å². The molecule has 0 radical (unpaired) electrons. The number of methoxy groups -OCH3 is 1. The minimum atomic E-state index is -0.141. The molecule has 0 amide bonds. The fraction of sp³-hybridized carbons (Fsp3) is 0.312. The lowest BCUT2D eigenvalue weighted by molar-refractivity contribution is 0.406. The van der Waals surface area contributed by atoms with Gasteiger partial charge in [0.15, 0.2) is 0 Å². The minimum absolute atomic E-state index is 0.141. The molecule has 0 bridgehead atoms. The second-order valence-corrected chi connectivity index (χ2v) is 6.60. The van der Waals surface area contributed by atoms with Gasteiger partial charge >= 0.3 is 0 Å². The number of hydrogen-bond donors (Lipinski definition) is 1. The number of halogens is 2. The molecular weight excluding hydrogens is 399 g/mol. The highest BCUT2D eigenvalue weighted by atomic mass is 127. The molecule has 1 heterocycles. The Kier molecular flexibility index (Phi) is 5.46. The van der Waals surface area contributed by atoms with Crippen LogP contribution in [0.2, 0.25) is 5.02 Å². The minimum Gasteiger partial charge on any atom is -0.496 e. The number of nitrogens with zero attached hydrogens (tertiary/aromatic N) is 1. The van der Waals surface area contributed by atoms with Gasteiger partial charge in [0.25, 0.3) is 0 Å². The van der Waals surface area contributed by atoms with Crippen LogP contribution in [0.1, 0.15) is 28.4 Å². The van der Waals surface area contributed by atoms with E-state index in [1.165, 1.54) is 0 Å². The van der Waals surface area contributed by atoms with Gasteiger partial charge in [0.1, 0.15) is 5.75 Å². The molecule has 1 aromatic carbocycles. The first kappa shape index (κ1) is 16.5. The maximum Gasteiger partial charge on any atom is 0.128 e. The van der Waals surface area contributed by atoms with Crippen molar-refractivity contribution in [1.29, 1.82) is 0 Å². The summed E-state index contributed by atoms with van der Waals surface area (Å²) in [7, 11) is 1.68. The molecule has 1 unspecified atom stereocenters. The molecule has 2 rings (SSSR count). The third kappa shape index (κ3) is 3.67. The number of benzene rings is 1. The van der Waals surface area contributed by atoms with Crippen molar-refractivity contribution in [3.8, 4) is 5.75 Å². The van der Waals surface area contributed by atoms with E-state index in [9.17, 15) is 0 Å². The van der Waals surface area contributed by atoms with E-state index < -0.39 is 0 Å². The Hall–Kier alpha value is -0.850. The highest BCUT2D eigenvalue weighted by Gasteiger charge is 2.14. The summed E-state index contributed by atoms with van der Waals surface area (Å²) < 4.78 is 6.46. The number of aromatic nitrogens is 1. The number of hydrogen-bond acceptors (Lipinski definition) is 3. The van der Waals surface area contributed by atoms with Crippen molar-refractivity contribution in [3.63, 3.8) is 0 Å². The van der Waals surface area contributed by atoms with Crippen LogP contribution < -0.4 is 10.5 Å². The molecule has 0 spiro atoms. The first-order valence-electron chi connectivity index (χ1n) is 6.63. The second-order valence-electron chi connectivity index (χ2n) is 5.03. The van der Waals surface area contributed by atoms with Crippen molar-refractivity contribution in [2.24, 2.45) is 5.73 Å². The molecule has 21 heavy (non-hydrogen) atoms. The van der Waals surface area contributed by atoms with Crippen LogP contribution in [-0.2, 0) is 6.42 Å². The Morgan fingerprint density at radius 3 is 2.71 bits per heavy atom. The first-order chi connectivity index (χ1) is 9.93. The fourth-order valence-electron chi connectivity index (χ4n) is 2.35. The molecule has 0 aliphatic rings. The third-order valence-corrected chi connectivity index (χ3v) is 5.11. The maximum atomic E-state index is 6.30. The summed E-state index contributed by atoms with van der Waals surface area (Å²) >= 11 is 8.37. The lowest BCUT2D eigenvalue weighted by Gasteiger charge is -2.16. The van der Waals surface area contributed by atoms with Crippen LogP contribution in [0, 0.1) is 17.4 Å². The fourth-order valence-corrected chi connectivity index (χ4v) is 2.87. The van der Waals surface area contributed by atoms with E-state index in [4.69, 9.17) is 22.1 Å². The molecule has 5 heteroatoms. The lowest BCUT2D eigenvalue weighted by Crippen LogP contribution is -2.15. The van der Waals surface area contributed by atoms with E-state index in [2.05, 4.69) is 27.6 Å². The Morgan fingerprint density at radius 2 is 2.10 bits per heavy atom. The number of aryl methyl sites for hydroxylation is 1. The summed E-state index contributed by atoms with van der Waals surface area (Å²) in [6, 6.07) is 5.78.